The van der Waals surface area contributed by atoms with E-state index in [0.29, 0.717) is 33.7 Å². The summed E-state index contributed by atoms with van der Waals surface area (Å²) in [5, 5.41) is 14.8. The number of benzene rings is 2. The van der Waals surface area contributed by atoms with Crippen molar-refractivity contribution in [3.63, 3.8) is 0 Å². The van der Waals surface area contributed by atoms with Crippen LogP contribution in [0.1, 0.15) is 16.1 Å². The fourth-order valence-electron chi connectivity index (χ4n) is 2.71. The van der Waals surface area contributed by atoms with Gasteiger partial charge in [-0.05, 0) is 23.8 Å². The van der Waals surface area contributed by atoms with E-state index in [2.05, 4.69) is 15.6 Å². The summed E-state index contributed by atoms with van der Waals surface area (Å²) in [5.74, 6) is 0.538. The summed E-state index contributed by atoms with van der Waals surface area (Å²) in [6, 6.07) is 12.6. The number of amides is 2. The number of aromatic carboxylic acids is 1. The minimum absolute atomic E-state index is 0.107. The van der Waals surface area contributed by atoms with E-state index in [-0.39, 0.29) is 12.2 Å². The Balaban J connectivity index is 1.58. The number of nitrogens with zero attached hydrogens (tertiary/aromatic N) is 1. The van der Waals surface area contributed by atoms with Gasteiger partial charge in [0.2, 0.25) is 0 Å². The highest BCUT2D eigenvalue weighted by atomic mass is 35.5. The first-order valence-electron chi connectivity index (χ1n) is 9.32. The molecule has 0 spiro atoms. The van der Waals surface area contributed by atoms with Crippen LogP contribution in [0.4, 0.5) is 10.5 Å². The van der Waals surface area contributed by atoms with Gasteiger partial charge in [0.25, 0.3) is 0 Å². The van der Waals surface area contributed by atoms with Crippen molar-refractivity contribution in [2.45, 2.75) is 6.54 Å². The van der Waals surface area contributed by atoms with Crippen molar-refractivity contribution in [2.75, 3.05) is 19.5 Å². The number of pyridine rings is 1. The molecule has 0 saturated heterocycles. The maximum atomic E-state index is 12.3. The second kappa shape index (κ2) is 10.4. The fourth-order valence-corrected chi connectivity index (χ4v) is 2.94. The number of urea groups is 1. The van der Waals surface area contributed by atoms with Crippen LogP contribution in [0.15, 0.2) is 54.7 Å². The van der Waals surface area contributed by atoms with E-state index in [0.717, 1.165) is 5.56 Å². The summed E-state index contributed by atoms with van der Waals surface area (Å²) in [4.78, 5) is 27.0. The number of methoxy groups -OCH3 is 2. The predicted molar refractivity (Wildman–Crippen MR) is 118 cm³/mol. The van der Waals surface area contributed by atoms with Gasteiger partial charge in [0, 0.05) is 30.9 Å². The predicted octanol–water partition coefficient (Wildman–Crippen LogP) is 4.56. The van der Waals surface area contributed by atoms with Crippen molar-refractivity contribution < 1.29 is 28.9 Å². The van der Waals surface area contributed by atoms with Crippen LogP contribution in [-0.2, 0) is 6.54 Å². The molecule has 3 aromatic rings. The second-order valence-corrected chi connectivity index (χ2v) is 6.83. The third-order valence-corrected chi connectivity index (χ3v) is 4.58. The fraction of sp³-hybridized carbons (Fsp3) is 0.136. The van der Waals surface area contributed by atoms with Gasteiger partial charge in [-0.15, -0.1) is 0 Å². The van der Waals surface area contributed by atoms with Crippen molar-refractivity contribution in [1.82, 2.24) is 10.3 Å². The van der Waals surface area contributed by atoms with Gasteiger partial charge < -0.3 is 30.0 Å². The van der Waals surface area contributed by atoms with Gasteiger partial charge in [-0.2, -0.15) is 0 Å². The molecule has 0 bridgehead atoms. The van der Waals surface area contributed by atoms with Gasteiger partial charge >= 0.3 is 12.0 Å². The van der Waals surface area contributed by atoms with E-state index < -0.39 is 12.0 Å². The van der Waals surface area contributed by atoms with E-state index in [1.807, 2.05) is 0 Å². The van der Waals surface area contributed by atoms with E-state index in [1.165, 1.54) is 26.5 Å². The number of carboxylic acids is 1. The highest BCUT2D eigenvalue weighted by Crippen LogP contribution is 2.35. The maximum absolute atomic E-state index is 12.3. The monoisotopic (exact) mass is 457 g/mol. The van der Waals surface area contributed by atoms with Crippen LogP contribution >= 0.6 is 11.6 Å². The lowest BCUT2D eigenvalue weighted by Gasteiger charge is -2.14. The third-order valence-electron chi connectivity index (χ3n) is 4.28. The first-order valence-corrected chi connectivity index (χ1v) is 9.70. The molecule has 2 amide bonds. The van der Waals surface area contributed by atoms with Gasteiger partial charge in [-0.25, -0.2) is 14.6 Å². The average molecular weight is 458 g/mol. The summed E-state index contributed by atoms with van der Waals surface area (Å²) < 4.78 is 16.0. The normalized spacial score (nSPS) is 10.2. The van der Waals surface area contributed by atoms with E-state index in [1.54, 1.807) is 42.5 Å². The zero-order chi connectivity index (χ0) is 23.1. The van der Waals surface area contributed by atoms with Crippen molar-refractivity contribution in [3.8, 4) is 23.0 Å². The summed E-state index contributed by atoms with van der Waals surface area (Å²) in [5.41, 5.74) is 1.13. The number of ether oxygens (including phenoxy) is 3. The van der Waals surface area contributed by atoms with Crippen LogP contribution in [0.25, 0.3) is 0 Å². The average Bonchev–Trinajstić information content (AvgIpc) is 2.79. The molecule has 10 heteroatoms. The number of nitrogens with one attached hydrogen (secondary N) is 2. The zero-order valence-corrected chi connectivity index (χ0v) is 18.0. The Morgan fingerprint density at radius 1 is 1.00 bits per heavy atom. The Bertz CT molecular complexity index is 1120. The van der Waals surface area contributed by atoms with Crippen LogP contribution < -0.4 is 24.8 Å². The molecule has 166 valence electrons. The quantitative estimate of drug-likeness (QED) is 0.453. The lowest BCUT2D eigenvalue weighted by molar-refractivity contribution is 0.0690. The van der Waals surface area contributed by atoms with Crippen molar-refractivity contribution in [3.05, 3.63) is 71.0 Å². The molecule has 0 radical (unpaired) electrons. The largest absolute Gasteiger partial charge is 0.495 e. The molecule has 1 aromatic heterocycles. The van der Waals surface area contributed by atoms with Crippen LogP contribution in [-0.4, -0.2) is 36.3 Å². The van der Waals surface area contributed by atoms with Crippen LogP contribution in [0, 0.1) is 0 Å². The number of hydrogen-bond acceptors (Lipinski definition) is 6. The Morgan fingerprint density at radius 3 is 2.38 bits per heavy atom. The number of halogens is 1. The molecule has 3 rings (SSSR count). The van der Waals surface area contributed by atoms with E-state index in [9.17, 15) is 9.59 Å². The van der Waals surface area contributed by atoms with E-state index >= 15 is 0 Å². The molecule has 0 aliphatic heterocycles. The Kier molecular flexibility index (Phi) is 7.35. The maximum Gasteiger partial charge on any atom is 0.354 e. The van der Waals surface area contributed by atoms with Gasteiger partial charge in [0.05, 0.1) is 24.9 Å². The SMILES string of the molecule is COc1cc(NC(=O)NCc2ccc(Oc3ccnc(C(=O)O)c3)cc2)c(OC)cc1Cl. The molecule has 0 unspecified atom stereocenters. The van der Waals surface area contributed by atoms with Crippen LogP contribution in [0.5, 0.6) is 23.0 Å². The van der Waals surface area contributed by atoms with Crippen molar-refractivity contribution in [1.29, 1.82) is 0 Å². The zero-order valence-electron chi connectivity index (χ0n) is 17.2. The smallest absolute Gasteiger partial charge is 0.354 e. The summed E-state index contributed by atoms with van der Waals surface area (Å²) in [6.07, 6.45) is 1.36. The molecule has 1 heterocycles. The molecular formula is C22H20ClN3O6. The van der Waals surface area contributed by atoms with Gasteiger partial charge in [0.1, 0.15) is 23.0 Å². The Morgan fingerprint density at radius 2 is 1.72 bits per heavy atom. The van der Waals surface area contributed by atoms with Gasteiger partial charge in [-0.1, -0.05) is 23.7 Å². The number of carbonyl (C=O) groups is 2. The number of hydrogen-bond donors (Lipinski definition) is 3. The molecular weight excluding hydrogens is 438 g/mol. The highest BCUT2D eigenvalue weighted by molar-refractivity contribution is 6.32. The second-order valence-electron chi connectivity index (χ2n) is 6.42. The number of anilines is 1. The summed E-state index contributed by atoms with van der Waals surface area (Å²) in [6.45, 7) is 0.261. The topological polar surface area (TPSA) is 119 Å². The van der Waals surface area contributed by atoms with Crippen molar-refractivity contribution in [2.24, 2.45) is 0 Å². The van der Waals surface area contributed by atoms with Gasteiger partial charge in [-0.3, -0.25) is 0 Å². The minimum atomic E-state index is -1.13. The third kappa shape index (κ3) is 5.79. The molecule has 2 aromatic carbocycles. The number of aromatic nitrogens is 1. The molecule has 32 heavy (non-hydrogen) atoms. The lowest BCUT2D eigenvalue weighted by atomic mass is 10.2. The van der Waals surface area contributed by atoms with Crippen LogP contribution in [0.3, 0.4) is 0 Å². The number of rotatable bonds is 8. The number of carbonyl (C=O) groups excluding carboxylic acids is 1. The number of carboxylic acid groups (broad SMARTS) is 1. The molecule has 0 aliphatic rings. The molecule has 0 aliphatic carbocycles. The standard InChI is InChI=1S/C22H20ClN3O6/c1-30-19-11-17(20(31-2)10-16(19)23)26-22(29)25-12-13-3-5-14(6-4-13)32-15-7-8-24-18(9-15)21(27)28/h3-11H,12H2,1-2H3,(H,27,28)(H2,25,26,29). The van der Waals surface area contributed by atoms with E-state index in [4.69, 9.17) is 30.9 Å². The molecule has 0 fully saturated rings. The summed E-state index contributed by atoms with van der Waals surface area (Å²) >= 11 is 6.07. The molecule has 0 atom stereocenters. The van der Waals surface area contributed by atoms with Crippen LogP contribution in [0.2, 0.25) is 5.02 Å². The lowest BCUT2D eigenvalue weighted by Crippen LogP contribution is -2.28. The Hall–Kier alpha value is -3.98. The highest BCUT2D eigenvalue weighted by Gasteiger charge is 2.12. The molecule has 3 N–H and O–H groups in total. The summed E-state index contributed by atoms with van der Waals surface area (Å²) in [7, 11) is 2.95. The minimum Gasteiger partial charge on any atom is -0.495 e. The Labute approximate surface area is 188 Å². The molecule has 9 nitrogen and oxygen atoms in total. The first-order chi connectivity index (χ1) is 15.4. The molecule has 0 saturated carbocycles. The van der Waals surface area contributed by atoms with Gasteiger partial charge in [0.15, 0.2) is 5.69 Å². The first kappa shape index (κ1) is 22.7. The van der Waals surface area contributed by atoms with Crippen molar-refractivity contribution >= 4 is 29.3 Å².